The van der Waals surface area contributed by atoms with Gasteiger partial charge < -0.3 is 9.42 Å². The molecule has 2 aliphatic heterocycles. The first-order chi connectivity index (χ1) is 13.7. The molecule has 8 heteroatoms. The minimum atomic E-state index is -2.81. The number of halogens is 3. The molecule has 5 nitrogen and oxygen atoms in total. The van der Waals surface area contributed by atoms with Gasteiger partial charge in [0.2, 0.25) is 0 Å². The molecule has 2 aliphatic rings. The number of hydrogen-bond donors (Lipinski definition) is 0. The number of aromatic nitrogens is 1. The van der Waals surface area contributed by atoms with Gasteiger partial charge in [0.05, 0.1) is 11.1 Å². The normalized spacial score (nSPS) is 24.4. The first-order valence-electron chi connectivity index (χ1n) is 9.78. The van der Waals surface area contributed by atoms with Crippen LogP contribution in [0.15, 0.2) is 28.8 Å². The predicted molar refractivity (Wildman–Crippen MR) is 105 cm³/mol. The summed E-state index contributed by atoms with van der Waals surface area (Å²) in [7, 11) is 0. The molecular formula is C21H24ClF2N3O2. The summed E-state index contributed by atoms with van der Waals surface area (Å²) in [6, 6.07) is 6.65. The molecule has 0 N–H and O–H groups in total. The first-order valence-corrected chi connectivity index (χ1v) is 10.2. The second kappa shape index (κ2) is 7.36. The van der Waals surface area contributed by atoms with E-state index in [1.54, 1.807) is 29.2 Å². The molecule has 0 radical (unpaired) electrons. The van der Waals surface area contributed by atoms with E-state index in [0.717, 1.165) is 17.0 Å². The highest BCUT2D eigenvalue weighted by molar-refractivity contribution is 6.30. The fourth-order valence-corrected chi connectivity index (χ4v) is 4.74. The summed E-state index contributed by atoms with van der Waals surface area (Å²) in [6.07, 6.45) is 0.0289. The Morgan fingerprint density at radius 2 is 2.03 bits per heavy atom. The van der Waals surface area contributed by atoms with Gasteiger partial charge in [0.1, 0.15) is 5.76 Å². The van der Waals surface area contributed by atoms with Crippen LogP contribution in [0.4, 0.5) is 8.78 Å². The topological polar surface area (TPSA) is 49.6 Å². The lowest BCUT2D eigenvalue weighted by Crippen LogP contribution is -2.58. The summed E-state index contributed by atoms with van der Waals surface area (Å²) in [5, 5.41) is 4.41. The fraction of sp³-hybridized carbons (Fsp3) is 0.524. The van der Waals surface area contributed by atoms with Crippen molar-refractivity contribution in [1.29, 1.82) is 0 Å². The zero-order valence-electron chi connectivity index (χ0n) is 16.6. The monoisotopic (exact) mass is 423 g/mol. The minimum Gasteiger partial charge on any atom is -0.361 e. The van der Waals surface area contributed by atoms with Crippen LogP contribution < -0.4 is 0 Å². The van der Waals surface area contributed by atoms with Gasteiger partial charge in [-0.25, -0.2) is 8.78 Å². The van der Waals surface area contributed by atoms with E-state index in [-0.39, 0.29) is 32.0 Å². The van der Waals surface area contributed by atoms with Crippen molar-refractivity contribution in [3.05, 3.63) is 51.9 Å². The van der Waals surface area contributed by atoms with E-state index in [4.69, 9.17) is 16.1 Å². The van der Waals surface area contributed by atoms with Gasteiger partial charge in [0, 0.05) is 48.7 Å². The number of hydrogen-bond acceptors (Lipinski definition) is 4. The van der Waals surface area contributed by atoms with Gasteiger partial charge in [-0.05, 0) is 45.0 Å². The van der Waals surface area contributed by atoms with Gasteiger partial charge in [-0.2, -0.15) is 0 Å². The zero-order chi connectivity index (χ0) is 20.8. The number of likely N-dealkylation sites (tertiary alicyclic amines) is 2. The Hall–Kier alpha value is -1.99. The average molecular weight is 424 g/mol. The van der Waals surface area contributed by atoms with Crippen molar-refractivity contribution in [3.8, 4) is 0 Å². The van der Waals surface area contributed by atoms with Crippen molar-refractivity contribution in [1.82, 2.24) is 15.0 Å². The molecule has 2 fully saturated rings. The number of piperidine rings is 1. The van der Waals surface area contributed by atoms with Crippen LogP contribution in [0.1, 0.15) is 40.2 Å². The summed E-state index contributed by atoms with van der Waals surface area (Å²) >= 11 is 6.00. The quantitative estimate of drug-likeness (QED) is 0.737. The van der Waals surface area contributed by atoms with Crippen LogP contribution in [-0.4, -0.2) is 53.0 Å². The Balaban J connectivity index is 1.53. The lowest BCUT2D eigenvalue weighted by molar-refractivity contribution is -0.155. The maximum Gasteiger partial charge on any atom is 0.258 e. The van der Waals surface area contributed by atoms with Crippen molar-refractivity contribution in [2.24, 2.45) is 5.41 Å². The lowest BCUT2D eigenvalue weighted by Gasteiger charge is -2.46. The van der Waals surface area contributed by atoms with Gasteiger partial charge in [0.15, 0.2) is 0 Å². The summed E-state index contributed by atoms with van der Waals surface area (Å²) < 4.78 is 35.3. The average Bonchev–Trinajstić information content (AvgIpc) is 3.23. The number of benzene rings is 1. The number of carbonyl (C=O) groups excluding carboxylic acids is 1. The molecule has 1 spiro atoms. The molecule has 1 aromatic heterocycles. The van der Waals surface area contributed by atoms with Crippen LogP contribution in [0.2, 0.25) is 5.02 Å². The molecule has 29 heavy (non-hydrogen) atoms. The van der Waals surface area contributed by atoms with Gasteiger partial charge in [0.25, 0.3) is 11.8 Å². The van der Waals surface area contributed by atoms with Gasteiger partial charge in [-0.15, -0.1) is 0 Å². The lowest BCUT2D eigenvalue weighted by atomic mass is 9.75. The van der Waals surface area contributed by atoms with Crippen molar-refractivity contribution in [2.45, 2.75) is 39.2 Å². The van der Waals surface area contributed by atoms with E-state index in [0.29, 0.717) is 30.1 Å². The SMILES string of the molecule is Cc1noc(C)c1CN1CCC2(C1)CN(C(=O)c1cccc(Cl)c1)CCC2(F)F. The summed E-state index contributed by atoms with van der Waals surface area (Å²) in [4.78, 5) is 16.5. The largest absolute Gasteiger partial charge is 0.361 e. The molecule has 3 heterocycles. The molecule has 1 amide bonds. The molecule has 0 saturated carbocycles. The highest BCUT2D eigenvalue weighted by Gasteiger charge is 2.59. The number of rotatable bonds is 3. The highest BCUT2D eigenvalue weighted by atomic mass is 35.5. The molecular weight excluding hydrogens is 400 g/mol. The molecule has 156 valence electrons. The van der Waals surface area contributed by atoms with Crippen LogP contribution in [0.25, 0.3) is 0 Å². The van der Waals surface area contributed by atoms with Crippen molar-refractivity contribution in [3.63, 3.8) is 0 Å². The molecule has 1 atom stereocenters. The molecule has 2 aromatic rings. The van der Waals surface area contributed by atoms with Crippen LogP contribution in [0.5, 0.6) is 0 Å². The molecule has 0 bridgehead atoms. The Morgan fingerprint density at radius 1 is 1.24 bits per heavy atom. The Bertz CT molecular complexity index is 913. The number of alkyl halides is 2. The molecule has 4 rings (SSSR count). The number of aryl methyl sites for hydroxylation is 2. The third-order valence-electron chi connectivity index (χ3n) is 6.32. The predicted octanol–water partition coefficient (Wildman–Crippen LogP) is 4.32. The van der Waals surface area contributed by atoms with Crippen molar-refractivity contribution in [2.75, 3.05) is 26.2 Å². The van der Waals surface area contributed by atoms with E-state index < -0.39 is 11.3 Å². The highest BCUT2D eigenvalue weighted by Crippen LogP contribution is 2.50. The minimum absolute atomic E-state index is 0.0451. The van der Waals surface area contributed by atoms with Crippen molar-refractivity contribution < 1.29 is 18.1 Å². The number of nitrogens with zero attached hydrogens (tertiary/aromatic N) is 3. The van der Waals surface area contributed by atoms with Crippen LogP contribution in [-0.2, 0) is 6.54 Å². The summed E-state index contributed by atoms with van der Waals surface area (Å²) in [6.45, 7) is 5.11. The summed E-state index contributed by atoms with van der Waals surface area (Å²) in [5.41, 5.74) is 0.937. The van der Waals surface area contributed by atoms with Crippen LogP contribution >= 0.6 is 11.6 Å². The summed E-state index contributed by atoms with van der Waals surface area (Å²) in [5.74, 6) is -2.34. The van der Waals surface area contributed by atoms with Crippen LogP contribution in [0, 0.1) is 19.3 Å². The fourth-order valence-electron chi connectivity index (χ4n) is 4.55. The second-order valence-corrected chi connectivity index (χ2v) is 8.67. The van der Waals surface area contributed by atoms with Gasteiger partial charge in [-0.1, -0.05) is 22.8 Å². The second-order valence-electron chi connectivity index (χ2n) is 8.24. The van der Waals surface area contributed by atoms with Crippen LogP contribution in [0.3, 0.4) is 0 Å². The van der Waals surface area contributed by atoms with Gasteiger partial charge in [-0.3, -0.25) is 9.69 Å². The Morgan fingerprint density at radius 3 is 2.72 bits per heavy atom. The molecule has 1 unspecified atom stereocenters. The number of amides is 1. The third-order valence-corrected chi connectivity index (χ3v) is 6.55. The van der Waals surface area contributed by atoms with E-state index in [2.05, 4.69) is 5.16 Å². The Kier molecular flexibility index (Phi) is 5.15. The van der Waals surface area contributed by atoms with E-state index >= 15 is 8.78 Å². The van der Waals surface area contributed by atoms with E-state index in [9.17, 15) is 4.79 Å². The smallest absolute Gasteiger partial charge is 0.258 e. The van der Waals surface area contributed by atoms with Gasteiger partial charge >= 0.3 is 0 Å². The zero-order valence-corrected chi connectivity index (χ0v) is 17.3. The maximum absolute atomic E-state index is 15.1. The molecule has 0 aliphatic carbocycles. The Labute approximate surface area is 173 Å². The maximum atomic E-state index is 15.1. The number of carbonyl (C=O) groups is 1. The van der Waals surface area contributed by atoms with Crippen molar-refractivity contribution >= 4 is 17.5 Å². The van der Waals surface area contributed by atoms with E-state index in [1.807, 2.05) is 18.7 Å². The molecule has 1 aromatic carbocycles. The third kappa shape index (κ3) is 3.66. The molecule has 2 saturated heterocycles. The van der Waals surface area contributed by atoms with E-state index in [1.165, 1.54) is 0 Å². The standard InChI is InChI=1S/C21H24ClF2N3O2/c1-14-18(15(2)29-25-14)11-26-8-6-20(12-26)13-27(9-7-21(20,23)24)19(28)16-4-3-5-17(22)10-16/h3-5,10H,6-9,11-13H2,1-2H3. The first kappa shape index (κ1) is 20.3.